The molecule has 2 atom stereocenters. The van der Waals surface area contributed by atoms with Crippen molar-refractivity contribution in [2.75, 3.05) is 39.4 Å². The first-order chi connectivity index (χ1) is 10.6. The first kappa shape index (κ1) is 15.6. The van der Waals surface area contributed by atoms with Gasteiger partial charge in [0, 0.05) is 31.7 Å². The van der Waals surface area contributed by atoms with Crippen molar-refractivity contribution < 1.29 is 14.3 Å². The van der Waals surface area contributed by atoms with E-state index in [4.69, 9.17) is 4.74 Å². The third-order valence-electron chi connectivity index (χ3n) is 5.12. The minimum Gasteiger partial charge on any atom is -0.379 e. The number of hydrogen-bond acceptors (Lipinski definition) is 4. The van der Waals surface area contributed by atoms with E-state index in [1.165, 1.54) is 0 Å². The third-order valence-corrected chi connectivity index (χ3v) is 5.12. The van der Waals surface area contributed by atoms with Gasteiger partial charge in [0.15, 0.2) is 0 Å². The van der Waals surface area contributed by atoms with Gasteiger partial charge in [0.1, 0.15) is 6.04 Å². The Morgan fingerprint density at radius 1 is 1.41 bits per heavy atom. The Morgan fingerprint density at radius 2 is 2.14 bits per heavy atom. The van der Waals surface area contributed by atoms with Gasteiger partial charge in [-0.1, -0.05) is 6.92 Å². The lowest BCUT2D eigenvalue weighted by Gasteiger charge is -2.35. The van der Waals surface area contributed by atoms with E-state index in [-0.39, 0.29) is 23.4 Å². The topological polar surface area (TPSA) is 82.7 Å². The lowest BCUT2D eigenvalue weighted by molar-refractivity contribution is -0.125. The molecule has 3 N–H and O–H groups in total. The highest BCUT2D eigenvalue weighted by molar-refractivity contribution is 5.87. The van der Waals surface area contributed by atoms with E-state index >= 15 is 0 Å². The molecule has 1 aliphatic carbocycles. The number of piperidine rings is 1. The summed E-state index contributed by atoms with van der Waals surface area (Å²) in [6.07, 6.45) is 3.13. The summed E-state index contributed by atoms with van der Waals surface area (Å²) < 4.78 is 5.39. The highest BCUT2D eigenvalue weighted by atomic mass is 16.5. The van der Waals surface area contributed by atoms with Gasteiger partial charge in [-0.25, -0.2) is 4.79 Å². The van der Waals surface area contributed by atoms with Crippen molar-refractivity contribution in [3.63, 3.8) is 0 Å². The molecule has 22 heavy (non-hydrogen) atoms. The van der Waals surface area contributed by atoms with Crippen molar-refractivity contribution in [1.29, 1.82) is 0 Å². The standard InChI is InChI=1S/C15H26N4O3/c1-11-2-5-16-13(20)12(11)18-14(21)17-10-15(3-4-15)19-6-8-22-9-7-19/h11-12H,2-10H2,1H3,(H,16,20)(H2,17,18,21). The fourth-order valence-corrected chi connectivity index (χ4v) is 3.39. The predicted octanol–water partition coefficient (Wildman–Crippen LogP) is -0.325. The third kappa shape index (κ3) is 3.35. The first-order valence-corrected chi connectivity index (χ1v) is 8.26. The maximum atomic E-state index is 12.1. The van der Waals surface area contributed by atoms with E-state index in [9.17, 15) is 9.59 Å². The summed E-state index contributed by atoms with van der Waals surface area (Å²) in [5, 5.41) is 8.58. The maximum absolute atomic E-state index is 12.1. The quantitative estimate of drug-likeness (QED) is 0.664. The van der Waals surface area contributed by atoms with Gasteiger partial charge in [-0.3, -0.25) is 9.69 Å². The van der Waals surface area contributed by atoms with Crippen molar-refractivity contribution in [3.05, 3.63) is 0 Å². The van der Waals surface area contributed by atoms with Crippen LogP contribution in [0.3, 0.4) is 0 Å². The van der Waals surface area contributed by atoms with Crippen molar-refractivity contribution in [2.45, 2.75) is 37.8 Å². The smallest absolute Gasteiger partial charge is 0.315 e. The molecule has 0 bridgehead atoms. The number of nitrogens with one attached hydrogen (secondary N) is 3. The monoisotopic (exact) mass is 310 g/mol. The summed E-state index contributed by atoms with van der Waals surface area (Å²) in [5.74, 6) is 0.0943. The zero-order valence-electron chi connectivity index (χ0n) is 13.2. The summed E-state index contributed by atoms with van der Waals surface area (Å²) >= 11 is 0. The van der Waals surface area contributed by atoms with Crippen LogP contribution in [0.5, 0.6) is 0 Å². The average molecular weight is 310 g/mol. The van der Waals surface area contributed by atoms with Crippen LogP contribution in [0.4, 0.5) is 4.79 Å². The Kier molecular flexibility index (Phi) is 4.54. The summed E-state index contributed by atoms with van der Waals surface area (Å²) in [7, 11) is 0. The number of carbonyl (C=O) groups excluding carboxylic acids is 2. The van der Waals surface area contributed by atoms with Gasteiger partial charge in [-0.2, -0.15) is 0 Å². The van der Waals surface area contributed by atoms with Crippen molar-refractivity contribution >= 4 is 11.9 Å². The van der Waals surface area contributed by atoms with Gasteiger partial charge in [-0.05, 0) is 25.2 Å². The molecule has 0 aromatic rings. The molecule has 3 fully saturated rings. The Bertz CT molecular complexity index is 433. The highest BCUT2D eigenvalue weighted by Crippen LogP contribution is 2.41. The molecule has 0 aromatic heterocycles. The SMILES string of the molecule is CC1CCNC(=O)C1NC(=O)NCC1(N2CCOCC2)CC1. The molecular formula is C15H26N4O3. The van der Waals surface area contributed by atoms with Crippen LogP contribution in [-0.2, 0) is 9.53 Å². The Morgan fingerprint density at radius 3 is 2.77 bits per heavy atom. The molecule has 124 valence electrons. The number of nitrogens with zero attached hydrogens (tertiary/aromatic N) is 1. The van der Waals surface area contributed by atoms with Crippen LogP contribution in [-0.4, -0.2) is 67.8 Å². The zero-order chi connectivity index (χ0) is 15.6. The molecule has 3 aliphatic rings. The molecule has 0 aromatic carbocycles. The van der Waals surface area contributed by atoms with Gasteiger partial charge in [0.05, 0.1) is 13.2 Å². The minimum atomic E-state index is -0.424. The number of hydrogen-bond donors (Lipinski definition) is 3. The van der Waals surface area contributed by atoms with E-state index in [2.05, 4.69) is 20.9 Å². The second-order valence-corrected chi connectivity index (χ2v) is 6.69. The summed E-state index contributed by atoms with van der Waals surface area (Å²) in [6.45, 7) is 6.75. The Balaban J connectivity index is 1.47. The first-order valence-electron chi connectivity index (χ1n) is 8.26. The second-order valence-electron chi connectivity index (χ2n) is 6.69. The molecule has 7 nitrogen and oxygen atoms in total. The van der Waals surface area contributed by atoms with Crippen LogP contribution >= 0.6 is 0 Å². The van der Waals surface area contributed by atoms with Crippen molar-refractivity contribution in [1.82, 2.24) is 20.9 Å². The molecule has 2 saturated heterocycles. The summed E-state index contributed by atoms with van der Waals surface area (Å²) in [5.41, 5.74) is 0.113. The van der Waals surface area contributed by atoms with Crippen LogP contribution in [0.1, 0.15) is 26.2 Å². The molecular weight excluding hydrogens is 284 g/mol. The van der Waals surface area contributed by atoms with E-state index in [0.717, 1.165) is 45.6 Å². The molecule has 3 rings (SSSR count). The normalized spacial score (nSPS) is 31.2. The largest absolute Gasteiger partial charge is 0.379 e. The van der Waals surface area contributed by atoms with Gasteiger partial charge in [0.2, 0.25) is 5.91 Å². The highest BCUT2D eigenvalue weighted by Gasteiger charge is 2.48. The Hall–Kier alpha value is -1.34. The second kappa shape index (κ2) is 6.42. The molecule has 0 spiro atoms. The van der Waals surface area contributed by atoms with Crippen LogP contribution in [0.25, 0.3) is 0 Å². The molecule has 7 heteroatoms. The fourth-order valence-electron chi connectivity index (χ4n) is 3.39. The summed E-state index contributed by atoms with van der Waals surface area (Å²) in [6, 6.07) is -0.666. The number of amides is 3. The summed E-state index contributed by atoms with van der Waals surface area (Å²) in [4.78, 5) is 26.4. The lowest BCUT2D eigenvalue weighted by Crippen LogP contribution is -2.58. The van der Waals surface area contributed by atoms with Gasteiger partial charge < -0.3 is 20.7 Å². The molecule has 2 aliphatic heterocycles. The van der Waals surface area contributed by atoms with Crippen LogP contribution in [0.2, 0.25) is 0 Å². The van der Waals surface area contributed by atoms with E-state index in [1.807, 2.05) is 6.92 Å². The van der Waals surface area contributed by atoms with Crippen molar-refractivity contribution in [3.8, 4) is 0 Å². The van der Waals surface area contributed by atoms with Crippen LogP contribution in [0.15, 0.2) is 0 Å². The van der Waals surface area contributed by atoms with E-state index in [1.54, 1.807) is 0 Å². The number of rotatable bonds is 4. The molecule has 1 saturated carbocycles. The van der Waals surface area contributed by atoms with Gasteiger partial charge in [0.25, 0.3) is 0 Å². The number of urea groups is 1. The Labute approximate surface area is 131 Å². The van der Waals surface area contributed by atoms with E-state index < -0.39 is 6.04 Å². The molecule has 2 unspecified atom stereocenters. The zero-order valence-corrected chi connectivity index (χ0v) is 13.2. The van der Waals surface area contributed by atoms with Crippen LogP contribution in [0, 0.1) is 5.92 Å². The number of morpholine rings is 1. The molecule has 2 heterocycles. The van der Waals surface area contributed by atoms with Gasteiger partial charge >= 0.3 is 6.03 Å². The number of ether oxygens (including phenoxy) is 1. The minimum absolute atomic E-state index is 0.0804. The average Bonchev–Trinajstić information content (AvgIpc) is 3.31. The maximum Gasteiger partial charge on any atom is 0.315 e. The van der Waals surface area contributed by atoms with Crippen LogP contribution < -0.4 is 16.0 Å². The van der Waals surface area contributed by atoms with E-state index in [0.29, 0.717) is 13.1 Å². The fraction of sp³-hybridized carbons (Fsp3) is 0.867. The predicted molar refractivity (Wildman–Crippen MR) is 81.5 cm³/mol. The van der Waals surface area contributed by atoms with Crippen molar-refractivity contribution in [2.24, 2.45) is 5.92 Å². The lowest BCUT2D eigenvalue weighted by atomic mass is 9.94. The molecule has 0 radical (unpaired) electrons. The molecule has 3 amide bonds. The van der Waals surface area contributed by atoms with Gasteiger partial charge in [-0.15, -0.1) is 0 Å². The number of carbonyl (C=O) groups is 2.